The first-order valence-corrected chi connectivity index (χ1v) is 14.5. The minimum absolute atomic E-state index is 0. The van der Waals surface area contributed by atoms with Crippen molar-refractivity contribution >= 4 is 6.08 Å². The number of hydrogen-bond acceptors (Lipinski definition) is 4. The number of fused-ring (bicyclic) bond motifs is 2. The molecule has 0 radical (unpaired) electrons. The molecule has 6 rings (SSSR count). The number of ether oxygens (including phenoxy) is 4. The Bertz CT molecular complexity index is 1740. The Morgan fingerprint density at radius 3 is 1.84 bits per heavy atom. The van der Waals surface area contributed by atoms with Gasteiger partial charge >= 0.3 is 0 Å². The Kier molecular flexibility index (Phi) is 18.6. The Morgan fingerprint density at radius 2 is 1.24 bits per heavy atom. The van der Waals surface area contributed by atoms with Crippen molar-refractivity contribution in [2.45, 2.75) is 41.0 Å². The van der Waals surface area contributed by atoms with Crippen LogP contribution in [0.1, 0.15) is 45.7 Å². The second-order valence-electron chi connectivity index (χ2n) is 9.74. The lowest BCUT2D eigenvalue weighted by Gasteiger charge is -2.17. The van der Waals surface area contributed by atoms with Crippen LogP contribution < -0.4 is 18.9 Å². The van der Waals surface area contributed by atoms with Crippen molar-refractivity contribution in [3.8, 4) is 35.3 Å². The number of terminal acetylenes is 1. The fourth-order valence-electron chi connectivity index (χ4n) is 4.02. The van der Waals surface area contributed by atoms with E-state index in [0.717, 1.165) is 49.1 Å². The Hall–Kier alpha value is -5.18. The van der Waals surface area contributed by atoms with Gasteiger partial charge in [0.15, 0.2) is 46.3 Å². The minimum atomic E-state index is -1.01. The average Bonchev–Trinajstić information content (AvgIpc) is 3.10. The minimum Gasteiger partial charge on any atom is -0.490 e. The lowest BCUT2D eigenvalue weighted by atomic mass is 10.1. The fraction of sp³-hybridized carbons (Fsp3) is 0.263. The summed E-state index contributed by atoms with van der Waals surface area (Å²) in [5.41, 5.74) is 1.35. The van der Waals surface area contributed by atoms with Crippen LogP contribution in [0.15, 0.2) is 66.7 Å². The molecule has 0 aromatic heterocycles. The molecular formula is C38H38F8O4. The highest BCUT2D eigenvalue weighted by Gasteiger charge is 2.18. The smallest absolute Gasteiger partial charge is 0.201 e. The second-order valence-corrected chi connectivity index (χ2v) is 9.74. The Balaban J connectivity index is 0.000000329. The second kappa shape index (κ2) is 21.7. The van der Waals surface area contributed by atoms with Crippen molar-refractivity contribution in [3.05, 3.63) is 124 Å². The van der Waals surface area contributed by atoms with Gasteiger partial charge in [0, 0.05) is 5.56 Å². The van der Waals surface area contributed by atoms with Crippen LogP contribution in [-0.4, -0.2) is 26.4 Å². The summed E-state index contributed by atoms with van der Waals surface area (Å²) >= 11 is 0. The van der Waals surface area contributed by atoms with Gasteiger partial charge in [-0.15, -0.1) is 6.42 Å². The van der Waals surface area contributed by atoms with Gasteiger partial charge in [-0.05, 0) is 73.4 Å². The summed E-state index contributed by atoms with van der Waals surface area (Å²) in [5, 5.41) is 0. The highest BCUT2D eigenvalue weighted by molar-refractivity contribution is 5.59. The quantitative estimate of drug-likeness (QED) is 0.153. The standard InChI is InChI=1S/C9H8F2O.C9H6F2O.C9H10F2O.C9H6F2O.2CH4/c2*10-7-4-3-6-2-1-5-12-9(6)8(7)11;2*1-2-6-12-8-5-3-4-7(10)9(8)11;;/h3-4H,1-2,5H2;1-4H,5H2;3-5H,2,6H2,1H3;1,3-5H,6H2;2*1H4. The summed E-state index contributed by atoms with van der Waals surface area (Å²) in [6.45, 7) is 3.01. The van der Waals surface area contributed by atoms with E-state index in [0.29, 0.717) is 25.4 Å². The van der Waals surface area contributed by atoms with Crippen LogP contribution in [0.2, 0.25) is 0 Å². The molecule has 0 saturated carbocycles. The maximum absolute atomic E-state index is 13.0. The average molecular weight is 711 g/mol. The molecule has 0 atom stereocenters. The van der Waals surface area contributed by atoms with E-state index in [1.54, 1.807) is 18.2 Å². The fourth-order valence-corrected chi connectivity index (χ4v) is 4.02. The van der Waals surface area contributed by atoms with Crippen molar-refractivity contribution in [1.82, 2.24) is 0 Å². The van der Waals surface area contributed by atoms with Gasteiger partial charge in [-0.2, -0.15) is 17.6 Å². The molecular weight excluding hydrogens is 672 g/mol. The molecule has 4 aromatic rings. The topological polar surface area (TPSA) is 36.9 Å². The van der Waals surface area contributed by atoms with Gasteiger partial charge in [-0.25, -0.2) is 17.6 Å². The van der Waals surface area contributed by atoms with Gasteiger partial charge < -0.3 is 18.9 Å². The Morgan fingerprint density at radius 1 is 0.680 bits per heavy atom. The SMILES string of the molecule is C.C.C#CCOc1cccc(F)c1F.CCCOc1cccc(F)c1F.Fc1ccc2c(c1F)OCC=C2.Fc1ccc2c(c1F)OCCC2. The van der Waals surface area contributed by atoms with E-state index in [1.165, 1.54) is 30.3 Å². The molecule has 0 bridgehead atoms. The molecule has 2 aliphatic heterocycles. The lowest BCUT2D eigenvalue weighted by Crippen LogP contribution is -2.10. The van der Waals surface area contributed by atoms with Crippen LogP contribution in [-0.2, 0) is 6.42 Å². The van der Waals surface area contributed by atoms with Gasteiger partial charge in [0.1, 0.15) is 13.2 Å². The molecule has 12 heteroatoms. The largest absolute Gasteiger partial charge is 0.490 e. The van der Waals surface area contributed by atoms with E-state index < -0.39 is 46.5 Å². The zero-order valence-corrected chi connectivity index (χ0v) is 25.6. The molecule has 50 heavy (non-hydrogen) atoms. The number of aryl methyl sites for hydroxylation is 1. The van der Waals surface area contributed by atoms with Gasteiger partial charge in [-0.1, -0.05) is 52.0 Å². The predicted molar refractivity (Wildman–Crippen MR) is 177 cm³/mol. The third kappa shape index (κ3) is 12.1. The van der Waals surface area contributed by atoms with Crippen LogP contribution in [0.3, 0.4) is 0 Å². The summed E-state index contributed by atoms with van der Waals surface area (Å²) in [6.07, 6.45) is 10.7. The van der Waals surface area contributed by atoms with Gasteiger partial charge in [0.25, 0.3) is 0 Å². The number of rotatable bonds is 5. The van der Waals surface area contributed by atoms with Crippen LogP contribution in [0, 0.1) is 58.9 Å². The highest BCUT2D eigenvalue weighted by Crippen LogP contribution is 2.30. The number of hydrogen-bond donors (Lipinski definition) is 0. The zero-order valence-electron chi connectivity index (χ0n) is 25.6. The molecule has 0 amide bonds. The highest BCUT2D eigenvalue weighted by atomic mass is 19.2. The molecule has 270 valence electrons. The summed E-state index contributed by atoms with van der Waals surface area (Å²) in [6, 6.07) is 12.9. The maximum atomic E-state index is 13.0. The lowest BCUT2D eigenvalue weighted by molar-refractivity contribution is 0.268. The van der Waals surface area contributed by atoms with Crippen molar-refractivity contribution in [2.75, 3.05) is 26.4 Å². The van der Waals surface area contributed by atoms with E-state index in [4.69, 9.17) is 25.4 Å². The maximum Gasteiger partial charge on any atom is 0.201 e. The van der Waals surface area contributed by atoms with Crippen molar-refractivity contribution in [3.63, 3.8) is 0 Å². The molecule has 4 nitrogen and oxygen atoms in total. The van der Waals surface area contributed by atoms with Crippen LogP contribution >= 0.6 is 0 Å². The molecule has 2 aliphatic rings. The van der Waals surface area contributed by atoms with Crippen molar-refractivity contribution < 1.29 is 54.1 Å². The predicted octanol–water partition coefficient (Wildman–Crippen LogP) is 10.7. The summed E-state index contributed by atoms with van der Waals surface area (Å²) in [5.74, 6) is -5.11. The first-order chi connectivity index (χ1) is 23.1. The molecule has 0 N–H and O–H groups in total. The summed E-state index contributed by atoms with van der Waals surface area (Å²) in [7, 11) is 0. The van der Waals surface area contributed by atoms with E-state index >= 15 is 0 Å². The number of halogens is 8. The molecule has 2 heterocycles. The van der Waals surface area contributed by atoms with Gasteiger partial charge in [0.05, 0.1) is 13.2 Å². The van der Waals surface area contributed by atoms with Crippen LogP contribution in [0.4, 0.5) is 35.1 Å². The van der Waals surface area contributed by atoms with Crippen molar-refractivity contribution in [2.24, 2.45) is 0 Å². The van der Waals surface area contributed by atoms with Gasteiger partial charge in [0.2, 0.25) is 23.3 Å². The third-order valence-corrected chi connectivity index (χ3v) is 6.28. The zero-order chi connectivity index (χ0) is 35.1. The van der Waals surface area contributed by atoms with Gasteiger partial charge in [-0.3, -0.25) is 0 Å². The van der Waals surface area contributed by atoms with E-state index in [1.807, 2.05) is 6.92 Å². The third-order valence-electron chi connectivity index (χ3n) is 6.28. The number of benzene rings is 4. The summed E-state index contributed by atoms with van der Waals surface area (Å²) < 4.78 is 121. The first-order valence-electron chi connectivity index (χ1n) is 14.5. The summed E-state index contributed by atoms with van der Waals surface area (Å²) in [4.78, 5) is 0. The molecule has 0 unspecified atom stereocenters. The van der Waals surface area contributed by atoms with E-state index in [2.05, 4.69) is 5.92 Å². The van der Waals surface area contributed by atoms with E-state index in [-0.39, 0.29) is 44.5 Å². The van der Waals surface area contributed by atoms with E-state index in [9.17, 15) is 35.1 Å². The molecule has 4 aromatic carbocycles. The molecule has 0 saturated heterocycles. The normalized spacial score (nSPS) is 11.5. The Labute approximate surface area is 287 Å². The molecule has 0 aliphatic carbocycles. The molecule has 0 fully saturated rings. The molecule has 0 spiro atoms. The van der Waals surface area contributed by atoms with Crippen LogP contribution in [0.25, 0.3) is 6.08 Å². The monoisotopic (exact) mass is 710 g/mol. The van der Waals surface area contributed by atoms with Crippen molar-refractivity contribution in [1.29, 1.82) is 0 Å². The van der Waals surface area contributed by atoms with Crippen LogP contribution in [0.5, 0.6) is 23.0 Å². The first kappa shape index (κ1) is 42.8.